The van der Waals surface area contributed by atoms with Crippen LogP contribution in [0.4, 0.5) is 5.69 Å². The van der Waals surface area contributed by atoms with E-state index >= 15 is 0 Å². The van der Waals surface area contributed by atoms with Crippen LogP contribution >= 0.6 is 0 Å². The third kappa shape index (κ3) is 4.81. The molecule has 0 spiro atoms. The molecule has 0 bridgehead atoms. The maximum atomic E-state index is 12.9. The highest BCUT2D eigenvalue weighted by Gasteiger charge is 2.26. The van der Waals surface area contributed by atoms with Gasteiger partial charge in [-0.2, -0.15) is 0 Å². The third-order valence-electron chi connectivity index (χ3n) is 5.48. The minimum absolute atomic E-state index is 0.0924. The first-order valence-corrected chi connectivity index (χ1v) is 11.8. The summed E-state index contributed by atoms with van der Waals surface area (Å²) in [7, 11) is -3.25. The van der Waals surface area contributed by atoms with Gasteiger partial charge >= 0.3 is 0 Å². The van der Waals surface area contributed by atoms with Gasteiger partial charge in [0, 0.05) is 12.1 Å². The fraction of sp³-hybridized carbons (Fsp3) is 0.435. The molecule has 0 radical (unpaired) electrons. The van der Waals surface area contributed by atoms with E-state index in [2.05, 4.69) is 51.2 Å². The molecule has 1 aliphatic heterocycles. The Labute approximate surface area is 174 Å². The van der Waals surface area contributed by atoms with Crippen LogP contribution < -0.4 is 9.62 Å². The Bertz CT molecular complexity index is 982. The highest BCUT2D eigenvalue weighted by molar-refractivity contribution is 7.92. The smallest absolute Gasteiger partial charge is 0.251 e. The van der Waals surface area contributed by atoms with Crippen molar-refractivity contribution in [2.45, 2.75) is 46.6 Å². The van der Waals surface area contributed by atoms with Crippen LogP contribution in [-0.2, 0) is 10.0 Å². The predicted octanol–water partition coefficient (Wildman–Crippen LogP) is 4.36. The van der Waals surface area contributed by atoms with Crippen LogP contribution in [0.1, 0.15) is 59.8 Å². The lowest BCUT2D eigenvalue weighted by atomic mass is 9.91. The second-order valence-electron chi connectivity index (χ2n) is 8.20. The highest BCUT2D eigenvalue weighted by Crippen LogP contribution is 2.27. The molecule has 156 valence electrons. The number of nitrogens with one attached hydrogen (secondary N) is 1. The molecule has 1 saturated heterocycles. The zero-order valence-corrected chi connectivity index (χ0v) is 18.4. The number of aryl methyl sites for hydroxylation is 2. The first kappa shape index (κ1) is 21.4. The van der Waals surface area contributed by atoms with Crippen LogP contribution in [0.15, 0.2) is 42.5 Å². The van der Waals surface area contributed by atoms with E-state index in [0.717, 1.165) is 17.5 Å². The van der Waals surface area contributed by atoms with Crippen molar-refractivity contribution < 1.29 is 13.2 Å². The molecule has 1 aliphatic rings. The summed E-state index contributed by atoms with van der Waals surface area (Å²) in [5.74, 6) is 0.260. The first-order chi connectivity index (χ1) is 13.7. The van der Waals surface area contributed by atoms with Gasteiger partial charge in [-0.15, -0.1) is 0 Å². The molecule has 0 aromatic heterocycles. The summed E-state index contributed by atoms with van der Waals surface area (Å²) in [6.07, 6.45) is 1.56. The summed E-state index contributed by atoms with van der Waals surface area (Å²) in [6.45, 7) is 8.81. The Morgan fingerprint density at radius 2 is 1.72 bits per heavy atom. The Morgan fingerprint density at radius 1 is 1.03 bits per heavy atom. The normalized spacial score (nSPS) is 17.2. The Balaban J connectivity index is 1.79. The average Bonchev–Trinajstić information content (AvgIpc) is 2.66. The van der Waals surface area contributed by atoms with Gasteiger partial charge in [0.05, 0.1) is 17.5 Å². The van der Waals surface area contributed by atoms with Crippen molar-refractivity contribution in [3.63, 3.8) is 0 Å². The lowest BCUT2D eigenvalue weighted by Crippen LogP contribution is -2.37. The van der Waals surface area contributed by atoms with E-state index in [4.69, 9.17) is 0 Å². The van der Waals surface area contributed by atoms with Gasteiger partial charge in [0.25, 0.3) is 5.91 Å². The lowest BCUT2D eigenvalue weighted by Gasteiger charge is -2.28. The SMILES string of the molecule is Cc1ccc([C@@H](NC(=O)c2ccc(N3CCCCS3(=O)=O)cc2)C(C)C)c(C)c1. The monoisotopic (exact) mass is 414 g/mol. The number of carbonyl (C=O) groups excluding carboxylic acids is 1. The van der Waals surface area contributed by atoms with Gasteiger partial charge in [-0.3, -0.25) is 9.10 Å². The van der Waals surface area contributed by atoms with Gasteiger partial charge in [-0.25, -0.2) is 8.42 Å². The zero-order chi connectivity index (χ0) is 21.2. The van der Waals surface area contributed by atoms with Crippen molar-refractivity contribution in [3.8, 4) is 0 Å². The lowest BCUT2D eigenvalue weighted by molar-refractivity contribution is 0.0925. The molecule has 5 nitrogen and oxygen atoms in total. The summed E-state index contributed by atoms with van der Waals surface area (Å²) in [5, 5.41) is 3.15. The number of anilines is 1. The van der Waals surface area contributed by atoms with E-state index in [-0.39, 0.29) is 23.6 Å². The Hall–Kier alpha value is -2.34. The maximum absolute atomic E-state index is 12.9. The van der Waals surface area contributed by atoms with Gasteiger partial charge in [-0.1, -0.05) is 37.6 Å². The van der Waals surface area contributed by atoms with Crippen molar-refractivity contribution in [2.24, 2.45) is 5.92 Å². The second-order valence-corrected chi connectivity index (χ2v) is 10.2. The number of carbonyl (C=O) groups is 1. The molecule has 1 N–H and O–H groups in total. The van der Waals surface area contributed by atoms with Crippen molar-refractivity contribution in [3.05, 3.63) is 64.7 Å². The van der Waals surface area contributed by atoms with Crippen molar-refractivity contribution >= 4 is 21.6 Å². The molecule has 29 heavy (non-hydrogen) atoms. The van der Waals surface area contributed by atoms with Gasteiger partial charge in [0.15, 0.2) is 0 Å². The van der Waals surface area contributed by atoms with Crippen molar-refractivity contribution in [1.29, 1.82) is 0 Å². The minimum atomic E-state index is -3.25. The van der Waals surface area contributed by atoms with E-state index in [1.807, 2.05) is 0 Å². The molecule has 6 heteroatoms. The summed E-state index contributed by atoms with van der Waals surface area (Å²) >= 11 is 0. The Kier molecular flexibility index (Phi) is 6.32. The first-order valence-electron chi connectivity index (χ1n) is 10.2. The van der Waals surface area contributed by atoms with Crippen LogP contribution in [0.25, 0.3) is 0 Å². The van der Waals surface area contributed by atoms with Crippen LogP contribution in [0.5, 0.6) is 0 Å². The molecule has 1 amide bonds. The van der Waals surface area contributed by atoms with Gasteiger partial charge in [-0.05, 0) is 68.0 Å². The van der Waals surface area contributed by atoms with E-state index < -0.39 is 10.0 Å². The minimum Gasteiger partial charge on any atom is -0.345 e. The highest BCUT2D eigenvalue weighted by atomic mass is 32.2. The Morgan fingerprint density at radius 3 is 2.31 bits per heavy atom. The summed E-state index contributed by atoms with van der Waals surface area (Å²) < 4.78 is 26.0. The molecule has 1 heterocycles. The average molecular weight is 415 g/mol. The number of benzene rings is 2. The molecular formula is C23H30N2O3S. The van der Waals surface area contributed by atoms with E-state index in [1.54, 1.807) is 24.3 Å². The van der Waals surface area contributed by atoms with Crippen molar-refractivity contribution in [1.82, 2.24) is 5.32 Å². The van der Waals surface area contributed by atoms with E-state index in [1.165, 1.54) is 9.87 Å². The molecule has 0 aliphatic carbocycles. The number of sulfonamides is 1. The van der Waals surface area contributed by atoms with Gasteiger partial charge < -0.3 is 5.32 Å². The molecular weight excluding hydrogens is 384 g/mol. The standard InChI is InChI=1S/C23H30N2O3S/c1-16(2)22(21-12-7-17(3)15-18(21)4)24-23(26)19-8-10-20(11-9-19)25-13-5-6-14-29(25,27)28/h7-12,15-16,22H,5-6,13-14H2,1-4H3,(H,24,26)/t22-/m0/s1. The second kappa shape index (κ2) is 8.57. The predicted molar refractivity (Wildman–Crippen MR) is 118 cm³/mol. The zero-order valence-electron chi connectivity index (χ0n) is 17.6. The van der Waals surface area contributed by atoms with E-state index in [9.17, 15) is 13.2 Å². The van der Waals surface area contributed by atoms with Gasteiger partial charge in [0.2, 0.25) is 10.0 Å². The molecule has 1 fully saturated rings. The molecule has 2 aromatic carbocycles. The molecule has 3 rings (SSSR count). The fourth-order valence-electron chi connectivity index (χ4n) is 3.86. The number of rotatable bonds is 5. The van der Waals surface area contributed by atoms with Crippen LogP contribution in [0.2, 0.25) is 0 Å². The quantitative estimate of drug-likeness (QED) is 0.790. The van der Waals surface area contributed by atoms with Crippen LogP contribution in [0.3, 0.4) is 0 Å². The summed E-state index contributed by atoms with van der Waals surface area (Å²) in [4.78, 5) is 12.9. The molecule has 0 saturated carbocycles. The molecule has 1 atom stereocenters. The fourth-order valence-corrected chi connectivity index (χ4v) is 5.50. The number of amides is 1. The molecule has 2 aromatic rings. The van der Waals surface area contributed by atoms with Gasteiger partial charge in [0.1, 0.15) is 0 Å². The molecule has 0 unspecified atom stereocenters. The number of hydrogen-bond donors (Lipinski definition) is 1. The number of nitrogens with zero attached hydrogens (tertiary/aromatic N) is 1. The van der Waals surface area contributed by atoms with Crippen LogP contribution in [0, 0.1) is 19.8 Å². The topological polar surface area (TPSA) is 66.5 Å². The van der Waals surface area contributed by atoms with Crippen molar-refractivity contribution in [2.75, 3.05) is 16.6 Å². The summed E-state index contributed by atoms with van der Waals surface area (Å²) in [6, 6.07) is 13.0. The maximum Gasteiger partial charge on any atom is 0.251 e. The summed E-state index contributed by atoms with van der Waals surface area (Å²) in [5.41, 5.74) is 4.63. The van der Waals surface area contributed by atoms with Crippen LogP contribution in [-0.4, -0.2) is 26.6 Å². The third-order valence-corrected chi connectivity index (χ3v) is 7.35. The number of hydrogen-bond acceptors (Lipinski definition) is 3. The largest absolute Gasteiger partial charge is 0.345 e. The van der Waals surface area contributed by atoms with E-state index in [0.29, 0.717) is 24.2 Å².